The van der Waals surface area contributed by atoms with Crippen LogP contribution in [0.1, 0.15) is 37.8 Å². The molecule has 1 saturated carbocycles. The topological polar surface area (TPSA) is 38.9 Å². The normalized spacial score (nSPS) is 24.3. The van der Waals surface area contributed by atoms with E-state index in [0.717, 1.165) is 11.9 Å². The summed E-state index contributed by atoms with van der Waals surface area (Å²) in [6.45, 7) is 0. The summed E-state index contributed by atoms with van der Waals surface area (Å²) in [5, 5.41) is 1.22. The number of pyridine rings is 1. The Labute approximate surface area is 115 Å². The quantitative estimate of drug-likeness (QED) is 0.830. The SMILES string of the molecule is NC1CCCCCC1Cc1ccc2ccccc2n1. The second-order valence-corrected chi connectivity index (χ2v) is 5.76. The van der Waals surface area contributed by atoms with Crippen LogP contribution < -0.4 is 5.73 Å². The molecule has 1 fully saturated rings. The minimum absolute atomic E-state index is 0.357. The Bertz CT molecular complexity index is 550. The standard InChI is InChI=1S/C17H22N2/c18-16-8-3-1-2-7-14(16)12-15-11-10-13-6-4-5-9-17(13)19-15/h4-6,9-11,14,16H,1-3,7-8,12,18H2. The molecule has 0 radical (unpaired) electrons. The van der Waals surface area contributed by atoms with Gasteiger partial charge in [0.1, 0.15) is 0 Å². The van der Waals surface area contributed by atoms with E-state index in [2.05, 4.69) is 36.4 Å². The first-order valence-corrected chi connectivity index (χ1v) is 7.43. The van der Waals surface area contributed by atoms with E-state index in [9.17, 15) is 0 Å². The Hall–Kier alpha value is -1.41. The highest BCUT2D eigenvalue weighted by Crippen LogP contribution is 2.25. The summed E-state index contributed by atoms with van der Waals surface area (Å²) in [7, 11) is 0. The van der Waals surface area contributed by atoms with Gasteiger partial charge in [-0.15, -0.1) is 0 Å². The van der Waals surface area contributed by atoms with Gasteiger partial charge >= 0.3 is 0 Å². The molecule has 1 heterocycles. The maximum Gasteiger partial charge on any atom is 0.0705 e. The van der Waals surface area contributed by atoms with Crippen molar-refractivity contribution in [3.63, 3.8) is 0 Å². The largest absolute Gasteiger partial charge is 0.327 e. The second-order valence-electron chi connectivity index (χ2n) is 5.76. The molecule has 2 atom stereocenters. The molecule has 2 nitrogen and oxygen atoms in total. The first-order chi connectivity index (χ1) is 9.33. The summed E-state index contributed by atoms with van der Waals surface area (Å²) >= 11 is 0. The van der Waals surface area contributed by atoms with Gasteiger partial charge in [-0.1, -0.05) is 43.5 Å². The lowest BCUT2D eigenvalue weighted by molar-refractivity contribution is 0.392. The number of fused-ring (bicyclic) bond motifs is 1. The predicted octanol–water partition coefficient (Wildman–Crippen LogP) is 3.68. The van der Waals surface area contributed by atoms with Gasteiger partial charge in [0, 0.05) is 17.1 Å². The minimum atomic E-state index is 0.357. The lowest BCUT2D eigenvalue weighted by Gasteiger charge is -2.20. The molecule has 2 aromatic rings. The Morgan fingerprint density at radius 3 is 2.79 bits per heavy atom. The van der Waals surface area contributed by atoms with Crippen molar-refractivity contribution in [2.75, 3.05) is 0 Å². The molecular formula is C17H22N2. The third-order valence-corrected chi connectivity index (χ3v) is 4.35. The van der Waals surface area contributed by atoms with E-state index >= 15 is 0 Å². The molecule has 0 spiro atoms. The molecule has 1 aromatic carbocycles. The fourth-order valence-electron chi connectivity index (χ4n) is 3.16. The summed E-state index contributed by atoms with van der Waals surface area (Å²) in [4.78, 5) is 4.78. The highest BCUT2D eigenvalue weighted by atomic mass is 14.7. The summed E-state index contributed by atoms with van der Waals surface area (Å²) in [5.74, 6) is 0.608. The Morgan fingerprint density at radius 1 is 1.00 bits per heavy atom. The van der Waals surface area contributed by atoms with Crippen LogP contribution in [-0.4, -0.2) is 11.0 Å². The van der Waals surface area contributed by atoms with E-state index in [1.165, 1.54) is 43.2 Å². The van der Waals surface area contributed by atoms with Gasteiger partial charge in [-0.2, -0.15) is 0 Å². The molecule has 1 aliphatic rings. The maximum absolute atomic E-state index is 6.31. The average Bonchev–Trinajstić information content (AvgIpc) is 2.64. The van der Waals surface area contributed by atoms with E-state index in [1.807, 2.05) is 0 Å². The monoisotopic (exact) mass is 254 g/mol. The van der Waals surface area contributed by atoms with Crippen LogP contribution >= 0.6 is 0 Å². The summed E-state index contributed by atoms with van der Waals surface area (Å²) < 4.78 is 0. The molecule has 2 N–H and O–H groups in total. The van der Waals surface area contributed by atoms with Gasteiger partial charge in [-0.25, -0.2) is 0 Å². The summed E-state index contributed by atoms with van der Waals surface area (Å²) in [5.41, 5.74) is 8.61. The molecule has 19 heavy (non-hydrogen) atoms. The fraction of sp³-hybridized carbons (Fsp3) is 0.471. The van der Waals surface area contributed by atoms with Crippen LogP contribution in [0.4, 0.5) is 0 Å². The number of aromatic nitrogens is 1. The number of hydrogen-bond acceptors (Lipinski definition) is 2. The van der Waals surface area contributed by atoms with Crippen LogP contribution in [0, 0.1) is 5.92 Å². The van der Waals surface area contributed by atoms with Gasteiger partial charge in [0.25, 0.3) is 0 Å². The molecule has 2 unspecified atom stereocenters. The van der Waals surface area contributed by atoms with Crippen LogP contribution in [0.3, 0.4) is 0 Å². The molecule has 0 bridgehead atoms. The van der Waals surface area contributed by atoms with E-state index in [1.54, 1.807) is 0 Å². The van der Waals surface area contributed by atoms with E-state index in [4.69, 9.17) is 10.7 Å². The third kappa shape index (κ3) is 2.95. The Kier molecular flexibility index (Phi) is 3.79. The zero-order valence-corrected chi connectivity index (χ0v) is 11.4. The van der Waals surface area contributed by atoms with Crippen molar-refractivity contribution >= 4 is 10.9 Å². The summed E-state index contributed by atoms with van der Waals surface area (Å²) in [6.07, 6.45) is 7.43. The van der Waals surface area contributed by atoms with Crippen LogP contribution in [0.5, 0.6) is 0 Å². The molecule has 1 aromatic heterocycles. The smallest absolute Gasteiger partial charge is 0.0705 e. The zero-order chi connectivity index (χ0) is 13.1. The molecular weight excluding hydrogens is 232 g/mol. The number of para-hydroxylation sites is 1. The first-order valence-electron chi connectivity index (χ1n) is 7.43. The van der Waals surface area contributed by atoms with Crippen LogP contribution in [0.15, 0.2) is 36.4 Å². The average molecular weight is 254 g/mol. The van der Waals surface area contributed by atoms with Crippen molar-refractivity contribution in [2.24, 2.45) is 11.7 Å². The van der Waals surface area contributed by atoms with Gasteiger partial charge in [0.15, 0.2) is 0 Å². The molecule has 0 saturated heterocycles. The van der Waals surface area contributed by atoms with Crippen molar-refractivity contribution in [2.45, 2.75) is 44.6 Å². The van der Waals surface area contributed by atoms with Gasteiger partial charge < -0.3 is 5.73 Å². The molecule has 100 valence electrons. The van der Waals surface area contributed by atoms with Gasteiger partial charge in [-0.05, 0) is 37.3 Å². The first kappa shape index (κ1) is 12.6. The molecule has 0 amide bonds. The van der Waals surface area contributed by atoms with E-state index < -0.39 is 0 Å². The maximum atomic E-state index is 6.31. The lowest BCUT2D eigenvalue weighted by atomic mass is 9.90. The van der Waals surface area contributed by atoms with Crippen molar-refractivity contribution < 1.29 is 0 Å². The van der Waals surface area contributed by atoms with Gasteiger partial charge in [0.05, 0.1) is 5.52 Å². The molecule has 3 rings (SSSR count). The number of nitrogens with zero attached hydrogens (tertiary/aromatic N) is 1. The van der Waals surface area contributed by atoms with Crippen molar-refractivity contribution in [1.29, 1.82) is 0 Å². The van der Waals surface area contributed by atoms with E-state index in [-0.39, 0.29) is 0 Å². The lowest BCUT2D eigenvalue weighted by Crippen LogP contribution is -2.30. The molecule has 0 aliphatic heterocycles. The van der Waals surface area contributed by atoms with Gasteiger partial charge in [-0.3, -0.25) is 4.98 Å². The van der Waals surface area contributed by atoms with Crippen molar-refractivity contribution in [3.8, 4) is 0 Å². The van der Waals surface area contributed by atoms with Crippen molar-refractivity contribution in [3.05, 3.63) is 42.1 Å². The van der Waals surface area contributed by atoms with Crippen LogP contribution in [-0.2, 0) is 6.42 Å². The Balaban J connectivity index is 1.80. The number of hydrogen-bond donors (Lipinski definition) is 1. The van der Waals surface area contributed by atoms with E-state index in [0.29, 0.717) is 12.0 Å². The summed E-state index contributed by atoms with van der Waals surface area (Å²) in [6, 6.07) is 13.0. The highest BCUT2D eigenvalue weighted by Gasteiger charge is 2.21. The number of rotatable bonds is 2. The molecule has 2 heteroatoms. The van der Waals surface area contributed by atoms with Crippen molar-refractivity contribution in [1.82, 2.24) is 4.98 Å². The number of nitrogens with two attached hydrogens (primary N) is 1. The fourth-order valence-corrected chi connectivity index (χ4v) is 3.16. The Morgan fingerprint density at radius 2 is 1.84 bits per heavy atom. The highest BCUT2D eigenvalue weighted by molar-refractivity contribution is 5.78. The minimum Gasteiger partial charge on any atom is -0.327 e. The predicted molar refractivity (Wildman–Crippen MR) is 80.0 cm³/mol. The zero-order valence-electron chi connectivity index (χ0n) is 11.4. The second kappa shape index (κ2) is 5.70. The number of benzene rings is 1. The van der Waals surface area contributed by atoms with Crippen LogP contribution in [0.25, 0.3) is 10.9 Å². The van der Waals surface area contributed by atoms with Gasteiger partial charge in [0.2, 0.25) is 0 Å². The third-order valence-electron chi connectivity index (χ3n) is 4.35. The van der Waals surface area contributed by atoms with Crippen LogP contribution in [0.2, 0.25) is 0 Å². The molecule has 1 aliphatic carbocycles.